The van der Waals surface area contributed by atoms with Crippen molar-refractivity contribution in [2.75, 3.05) is 7.05 Å². The van der Waals surface area contributed by atoms with Crippen molar-refractivity contribution < 1.29 is 0 Å². The normalized spacial score (nSPS) is 12.7. The molecule has 19 heavy (non-hydrogen) atoms. The van der Waals surface area contributed by atoms with Crippen molar-refractivity contribution in [1.82, 2.24) is 25.3 Å². The first-order valence-electron chi connectivity index (χ1n) is 6.24. The van der Waals surface area contributed by atoms with Gasteiger partial charge in [-0.05, 0) is 32.2 Å². The molecule has 96 valence electrons. The van der Waals surface area contributed by atoms with Crippen LogP contribution in [-0.2, 0) is 0 Å². The maximum Gasteiger partial charge on any atom is 0.160 e. The van der Waals surface area contributed by atoms with E-state index in [9.17, 15) is 0 Å². The van der Waals surface area contributed by atoms with Crippen molar-refractivity contribution in [2.24, 2.45) is 0 Å². The molecule has 3 aromatic rings. The zero-order valence-corrected chi connectivity index (χ0v) is 10.9. The Kier molecular flexibility index (Phi) is 2.97. The van der Waals surface area contributed by atoms with Gasteiger partial charge in [-0.25, -0.2) is 4.98 Å². The minimum atomic E-state index is 0.201. The summed E-state index contributed by atoms with van der Waals surface area (Å²) in [5.41, 5.74) is 2.93. The molecule has 0 aliphatic heterocycles. The summed E-state index contributed by atoms with van der Waals surface area (Å²) in [6, 6.07) is 12.1. The van der Waals surface area contributed by atoms with E-state index in [0.717, 1.165) is 22.4 Å². The van der Waals surface area contributed by atoms with Crippen LogP contribution in [0.3, 0.4) is 0 Å². The van der Waals surface area contributed by atoms with E-state index in [4.69, 9.17) is 0 Å². The van der Waals surface area contributed by atoms with Crippen LogP contribution in [0.1, 0.15) is 18.5 Å². The molecule has 5 heteroatoms. The molecule has 2 heterocycles. The van der Waals surface area contributed by atoms with Gasteiger partial charge in [-0.1, -0.05) is 23.4 Å². The van der Waals surface area contributed by atoms with E-state index in [1.54, 1.807) is 10.9 Å². The second kappa shape index (κ2) is 4.78. The summed E-state index contributed by atoms with van der Waals surface area (Å²) in [6.07, 6.45) is 1.78. The van der Waals surface area contributed by atoms with Gasteiger partial charge in [-0.2, -0.15) is 4.68 Å². The number of pyridine rings is 1. The highest BCUT2D eigenvalue weighted by Crippen LogP contribution is 2.21. The van der Waals surface area contributed by atoms with Gasteiger partial charge in [0.2, 0.25) is 0 Å². The molecule has 0 aliphatic rings. The molecule has 0 fully saturated rings. The van der Waals surface area contributed by atoms with Crippen LogP contribution in [0.25, 0.3) is 16.9 Å². The van der Waals surface area contributed by atoms with Gasteiger partial charge in [-0.3, -0.25) is 0 Å². The lowest BCUT2D eigenvalue weighted by Crippen LogP contribution is -2.16. The molecular weight excluding hydrogens is 238 g/mol. The molecule has 0 saturated carbocycles. The molecule has 1 aromatic carbocycles. The van der Waals surface area contributed by atoms with Crippen LogP contribution in [0.15, 0.2) is 42.6 Å². The fraction of sp³-hybridized carbons (Fsp3) is 0.214. The zero-order valence-electron chi connectivity index (χ0n) is 10.9. The van der Waals surface area contributed by atoms with Gasteiger partial charge in [0, 0.05) is 17.8 Å². The standard InChI is InChI=1S/C14H15N5/c1-10(15-2)11-6-5-9-16-14(11)19-13-8-4-3-7-12(13)17-18-19/h3-10,15H,1-2H3. The van der Waals surface area contributed by atoms with Gasteiger partial charge in [0.15, 0.2) is 5.82 Å². The molecule has 0 spiro atoms. The van der Waals surface area contributed by atoms with Gasteiger partial charge >= 0.3 is 0 Å². The van der Waals surface area contributed by atoms with Gasteiger partial charge in [0.05, 0.1) is 5.52 Å². The Morgan fingerprint density at radius 3 is 2.84 bits per heavy atom. The minimum absolute atomic E-state index is 0.201. The Morgan fingerprint density at radius 1 is 1.16 bits per heavy atom. The van der Waals surface area contributed by atoms with Gasteiger partial charge in [0.25, 0.3) is 0 Å². The third-order valence-corrected chi connectivity index (χ3v) is 3.27. The summed E-state index contributed by atoms with van der Waals surface area (Å²) in [7, 11) is 1.93. The fourth-order valence-electron chi connectivity index (χ4n) is 2.11. The SMILES string of the molecule is CNC(C)c1cccnc1-n1nnc2ccccc21. The van der Waals surface area contributed by atoms with Crippen LogP contribution in [0, 0.1) is 0 Å². The Balaban J connectivity index is 2.22. The third kappa shape index (κ3) is 1.98. The predicted molar refractivity (Wildman–Crippen MR) is 74.1 cm³/mol. The fourth-order valence-corrected chi connectivity index (χ4v) is 2.11. The number of para-hydroxylation sites is 1. The monoisotopic (exact) mass is 253 g/mol. The first-order chi connectivity index (χ1) is 9.31. The topological polar surface area (TPSA) is 55.6 Å². The van der Waals surface area contributed by atoms with Gasteiger partial charge in [0.1, 0.15) is 5.52 Å². The van der Waals surface area contributed by atoms with Crippen molar-refractivity contribution in [3.8, 4) is 5.82 Å². The number of fused-ring (bicyclic) bond motifs is 1. The Hall–Kier alpha value is -2.27. The maximum atomic E-state index is 4.46. The first kappa shape index (κ1) is 11.8. The lowest BCUT2D eigenvalue weighted by atomic mass is 10.1. The number of nitrogens with one attached hydrogen (secondary N) is 1. The largest absolute Gasteiger partial charge is 0.313 e. The second-order valence-electron chi connectivity index (χ2n) is 4.42. The lowest BCUT2D eigenvalue weighted by Gasteiger charge is -2.14. The predicted octanol–water partition coefficient (Wildman–Crippen LogP) is 2.10. The summed E-state index contributed by atoms with van der Waals surface area (Å²) < 4.78 is 1.79. The van der Waals surface area contributed by atoms with Crippen LogP contribution < -0.4 is 5.32 Å². The highest BCUT2D eigenvalue weighted by Gasteiger charge is 2.14. The zero-order chi connectivity index (χ0) is 13.2. The highest BCUT2D eigenvalue weighted by molar-refractivity contribution is 5.75. The van der Waals surface area contributed by atoms with Crippen molar-refractivity contribution in [1.29, 1.82) is 0 Å². The molecule has 0 bridgehead atoms. The van der Waals surface area contributed by atoms with Gasteiger partial charge in [-0.15, -0.1) is 5.10 Å². The molecule has 2 aromatic heterocycles. The smallest absolute Gasteiger partial charge is 0.160 e. The molecule has 0 radical (unpaired) electrons. The average Bonchev–Trinajstić information content (AvgIpc) is 2.90. The summed E-state index contributed by atoms with van der Waals surface area (Å²) in [5.74, 6) is 0.818. The summed E-state index contributed by atoms with van der Waals surface area (Å²) in [6.45, 7) is 2.10. The van der Waals surface area contributed by atoms with E-state index >= 15 is 0 Å². The first-order valence-corrected chi connectivity index (χ1v) is 6.24. The van der Waals surface area contributed by atoms with E-state index in [2.05, 4.69) is 33.6 Å². The van der Waals surface area contributed by atoms with Crippen molar-refractivity contribution >= 4 is 11.0 Å². The molecule has 5 nitrogen and oxygen atoms in total. The number of nitrogens with zero attached hydrogens (tertiary/aromatic N) is 4. The molecule has 1 unspecified atom stereocenters. The number of rotatable bonds is 3. The molecule has 3 rings (SSSR count). The second-order valence-corrected chi connectivity index (χ2v) is 4.42. The van der Waals surface area contributed by atoms with Crippen molar-refractivity contribution in [2.45, 2.75) is 13.0 Å². The Morgan fingerprint density at radius 2 is 2.00 bits per heavy atom. The maximum absolute atomic E-state index is 4.46. The summed E-state index contributed by atoms with van der Waals surface area (Å²) in [5, 5.41) is 11.6. The minimum Gasteiger partial charge on any atom is -0.313 e. The van der Waals surface area contributed by atoms with Crippen LogP contribution in [0.2, 0.25) is 0 Å². The molecule has 1 N–H and O–H groups in total. The van der Waals surface area contributed by atoms with E-state index in [-0.39, 0.29) is 6.04 Å². The average molecular weight is 253 g/mol. The molecule has 0 aliphatic carbocycles. The van der Waals surface area contributed by atoms with E-state index in [0.29, 0.717) is 0 Å². The van der Waals surface area contributed by atoms with E-state index in [1.165, 1.54) is 0 Å². The number of benzene rings is 1. The number of aromatic nitrogens is 4. The Labute approximate surface area is 111 Å². The molecular formula is C14H15N5. The third-order valence-electron chi connectivity index (χ3n) is 3.27. The van der Waals surface area contributed by atoms with Crippen LogP contribution in [0.4, 0.5) is 0 Å². The highest BCUT2D eigenvalue weighted by atomic mass is 15.4. The molecule has 0 saturated heterocycles. The Bertz CT molecular complexity index is 704. The van der Waals surface area contributed by atoms with Crippen LogP contribution in [-0.4, -0.2) is 27.0 Å². The van der Waals surface area contributed by atoms with Crippen molar-refractivity contribution in [3.63, 3.8) is 0 Å². The lowest BCUT2D eigenvalue weighted by molar-refractivity contribution is 0.637. The van der Waals surface area contributed by atoms with Crippen molar-refractivity contribution in [3.05, 3.63) is 48.2 Å². The number of hydrogen-bond donors (Lipinski definition) is 1. The van der Waals surface area contributed by atoms with Crippen LogP contribution in [0.5, 0.6) is 0 Å². The number of hydrogen-bond acceptors (Lipinski definition) is 4. The van der Waals surface area contributed by atoms with E-state index in [1.807, 2.05) is 37.4 Å². The van der Waals surface area contributed by atoms with Crippen LogP contribution >= 0.6 is 0 Å². The van der Waals surface area contributed by atoms with E-state index < -0.39 is 0 Å². The molecule has 1 atom stereocenters. The molecule has 0 amide bonds. The summed E-state index contributed by atoms with van der Waals surface area (Å²) >= 11 is 0. The quantitative estimate of drug-likeness (QED) is 0.776. The van der Waals surface area contributed by atoms with Gasteiger partial charge < -0.3 is 5.32 Å². The summed E-state index contributed by atoms with van der Waals surface area (Å²) in [4.78, 5) is 4.46.